The van der Waals surface area contributed by atoms with E-state index in [2.05, 4.69) is 21.2 Å². The summed E-state index contributed by atoms with van der Waals surface area (Å²) in [6.45, 7) is -0.359. The van der Waals surface area contributed by atoms with Crippen molar-refractivity contribution in [2.24, 2.45) is 0 Å². The van der Waals surface area contributed by atoms with Crippen LogP contribution in [0.4, 0.5) is 5.69 Å². The zero-order chi connectivity index (χ0) is 17.4. The molecule has 24 heavy (non-hydrogen) atoms. The van der Waals surface area contributed by atoms with Gasteiger partial charge in [0.05, 0.1) is 12.8 Å². The third-order valence-electron chi connectivity index (χ3n) is 3.00. The van der Waals surface area contributed by atoms with Crippen LogP contribution in [0.3, 0.4) is 0 Å². The molecule has 0 unspecified atom stereocenters. The zero-order valence-electron chi connectivity index (χ0n) is 13.0. The highest BCUT2D eigenvalue weighted by atomic mass is 79.9. The van der Waals surface area contributed by atoms with Crippen LogP contribution in [0.5, 0.6) is 5.75 Å². The van der Waals surface area contributed by atoms with Crippen LogP contribution < -0.4 is 10.1 Å². The fraction of sp³-hybridized carbons (Fsp3) is 0.111. The molecule has 0 aliphatic heterocycles. The van der Waals surface area contributed by atoms with Crippen LogP contribution in [-0.4, -0.2) is 25.6 Å². The summed E-state index contributed by atoms with van der Waals surface area (Å²) in [5, 5.41) is 2.65. The summed E-state index contributed by atoms with van der Waals surface area (Å²) in [4.78, 5) is 23.4. The fourth-order valence-electron chi connectivity index (χ4n) is 1.84. The highest BCUT2D eigenvalue weighted by molar-refractivity contribution is 9.10. The smallest absolute Gasteiger partial charge is 0.331 e. The second-order valence-electron chi connectivity index (χ2n) is 4.75. The van der Waals surface area contributed by atoms with Crippen LogP contribution in [-0.2, 0) is 14.3 Å². The van der Waals surface area contributed by atoms with Gasteiger partial charge in [-0.15, -0.1) is 0 Å². The summed E-state index contributed by atoms with van der Waals surface area (Å²) in [6.07, 6.45) is 2.86. The predicted molar refractivity (Wildman–Crippen MR) is 95.8 cm³/mol. The number of hydrogen-bond donors (Lipinski definition) is 1. The number of halogens is 1. The average Bonchev–Trinajstić information content (AvgIpc) is 2.60. The summed E-state index contributed by atoms with van der Waals surface area (Å²) in [5.74, 6) is -0.316. The van der Waals surface area contributed by atoms with Crippen LogP contribution in [0, 0.1) is 0 Å². The van der Waals surface area contributed by atoms with Gasteiger partial charge in [0, 0.05) is 10.5 Å². The Morgan fingerprint density at radius 3 is 2.71 bits per heavy atom. The third-order valence-corrected chi connectivity index (χ3v) is 3.69. The molecule has 0 radical (unpaired) electrons. The van der Waals surface area contributed by atoms with E-state index in [1.807, 2.05) is 24.3 Å². The molecule has 0 fully saturated rings. The lowest BCUT2D eigenvalue weighted by atomic mass is 10.2. The Morgan fingerprint density at radius 2 is 1.96 bits per heavy atom. The highest BCUT2D eigenvalue weighted by Gasteiger charge is 2.07. The standard InChI is InChI=1S/C18H16BrNO4/c1-23-14-6-4-5-13(11-14)9-10-18(22)24-12-17(21)20-16-8-3-2-7-15(16)19/h2-11H,12H2,1H3,(H,20,21). The number of para-hydroxylation sites is 1. The zero-order valence-corrected chi connectivity index (χ0v) is 14.6. The summed E-state index contributed by atoms with van der Waals surface area (Å²) in [5.41, 5.74) is 1.41. The molecular formula is C18H16BrNO4. The first-order valence-corrected chi connectivity index (χ1v) is 7.91. The van der Waals surface area contributed by atoms with Crippen molar-refractivity contribution in [2.45, 2.75) is 0 Å². The number of carbonyl (C=O) groups is 2. The molecule has 124 valence electrons. The molecular weight excluding hydrogens is 374 g/mol. The van der Waals surface area contributed by atoms with Gasteiger partial charge in [-0.1, -0.05) is 24.3 Å². The Morgan fingerprint density at radius 1 is 1.17 bits per heavy atom. The molecule has 0 atom stereocenters. The number of carbonyl (C=O) groups excluding carboxylic acids is 2. The molecule has 0 spiro atoms. The van der Waals surface area contributed by atoms with E-state index in [0.717, 1.165) is 10.0 Å². The van der Waals surface area contributed by atoms with E-state index in [1.165, 1.54) is 6.08 Å². The topological polar surface area (TPSA) is 64.6 Å². The maximum absolute atomic E-state index is 11.8. The number of benzene rings is 2. The highest BCUT2D eigenvalue weighted by Crippen LogP contribution is 2.20. The van der Waals surface area contributed by atoms with Gasteiger partial charge in [-0.2, -0.15) is 0 Å². The van der Waals surface area contributed by atoms with E-state index in [-0.39, 0.29) is 6.61 Å². The third kappa shape index (κ3) is 5.55. The number of esters is 1. The van der Waals surface area contributed by atoms with Crippen molar-refractivity contribution in [3.63, 3.8) is 0 Å². The number of hydrogen-bond acceptors (Lipinski definition) is 4. The van der Waals surface area contributed by atoms with Gasteiger partial charge < -0.3 is 14.8 Å². The van der Waals surface area contributed by atoms with Crippen LogP contribution in [0.15, 0.2) is 59.1 Å². The van der Waals surface area contributed by atoms with Crippen LogP contribution >= 0.6 is 15.9 Å². The Hall–Kier alpha value is -2.60. The number of methoxy groups -OCH3 is 1. The first-order chi connectivity index (χ1) is 11.6. The average molecular weight is 390 g/mol. The molecule has 0 bridgehead atoms. The fourth-order valence-corrected chi connectivity index (χ4v) is 2.23. The minimum atomic E-state index is -0.597. The van der Waals surface area contributed by atoms with Crippen molar-refractivity contribution in [2.75, 3.05) is 19.0 Å². The minimum Gasteiger partial charge on any atom is -0.497 e. The molecule has 0 saturated carbocycles. The van der Waals surface area contributed by atoms with Gasteiger partial charge in [-0.3, -0.25) is 4.79 Å². The van der Waals surface area contributed by atoms with Crippen molar-refractivity contribution >= 4 is 39.6 Å². The molecule has 2 rings (SSSR count). The lowest BCUT2D eigenvalue weighted by molar-refractivity contribution is -0.142. The molecule has 1 N–H and O–H groups in total. The Bertz CT molecular complexity index is 758. The molecule has 6 heteroatoms. The summed E-state index contributed by atoms with van der Waals surface area (Å²) < 4.78 is 10.8. The molecule has 0 aliphatic rings. The van der Waals surface area contributed by atoms with Gasteiger partial charge in [-0.05, 0) is 51.8 Å². The van der Waals surface area contributed by atoms with Crippen LogP contribution in [0.25, 0.3) is 6.08 Å². The first-order valence-electron chi connectivity index (χ1n) is 7.12. The predicted octanol–water partition coefficient (Wildman–Crippen LogP) is 3.65. The summed E-state index contributed by atoms with van der Waals surface area (Å²) in [7, 11) is 1.57. The molecule has 1 amide bonds. The van der Waals surface area contributed by atoms with Gasteiger partial charge in [0.2, 0.25) is 0 Å². The first kappa shape index (κ1) is 17.7. The van der Waals surface area contributed by atoms with Gasteiger partial charge in [0.25, 0.3) is 5.91 Å². The second-order valence-corrected chi connectivity index (χ2v) is 5.60. The molecule has 0 saturated heterocycles. The quantitative estimate of drug-likeness (QED) is 0.604. The molecule has 5 nitrogen and oxygen atoms in total. The lowest BCUT2D eigenvalue weighted by Gasteiger charge is -2.07. The summed E-state index contributed by atoms with van der Waals surface area (Å²) >= 11 is 3.32. The second kappa shape index (κ2) is 8.88. The van der Waals surface area contributed by atoms with Crippen molar-refractivity contribution in [1.29, 1.82) is 0 Å². The molecule has 0 aromatic heterocycles. The van der Waals surface area contributed by atoms with E-state index < -0.39 is 11.9 Å². The molecule has 0 aliphatic carbocycles. The number of nitrogens with one attached hydrogen (secondary N) is 1. The number of rotatable bonds is 6. The Kier molecular flexibility index (Phi) is 6.57. The lowest BCUT2D eigenvalue weighted by Crippen LogP contribution is -2.20. The molecule has 0 heterocycles. The van der Waals surface area contributed by atoms with E-state index in [1.54, 1.807) is 37.5 Å². The largest absolute Gasteiger partial charge is 0.497 e. The SMILES string of the molecule is COc1cccc(C=CC(=O)OCC(=O)Nc2ccccc2Br)c1. The van der Waals surface area contributed by atoms with Gasteiger partial charge in [-0.25, -0.2) is 4.79 Å². The monoisotopic (exact) mass is 389 g/mol. The Labute approximate surface area is 148 Å². The van der Waals surface area contributed by atoms with E-state index in [9.17, 15) is 9.59 Å². The van der Waals surface area contributed by atoms with Crippen LogP contribution in [0.1, 0.15) is 5.56 Å². The van der Waals surface area contributed by atoms with Crippen molar-refractivity contribution in [3.8, 4) is 5.75 Å². The minimum absolute atomic E-state index is 0.359. The van der Waals surface area contributed by atoms with Gasteiger partial charge >= 0.3 is 5.97 Å². The number of anilines is 1. The van der Waals surface area contributed by atoms with Crippen LogP contribution in [0.2, 0.25) is 0 Å². The van der Waals surface area contributed by atoms with Crippen molar-refractivity contribution < 1.29 is 19.1 Å². The van der Waals surface area contributed by atoms with E-state index in [4.69, 9.17) is 9.47 Å². The number of amides is 1. The molecule has 2 aromatic carbocycles. The van der Waals surface area contributed by atoms with Gasteiger partial charge in [0.1, 0.15) is 5.75 Å². The number of ether oxygens (including phenoxy) is 2. The normalized spacial score (nSPS) is 10.4. The molecule has 2 aromatic rings. The maximum Gasteiger partial charge on any atom is 0.331 e. The summed E-state index contributed by atoms with van der Waals surface area (Å²) in [6, 6.07) is 14.4. The van der Waals surface area contributed by atoms with Crippen molar-refractivity contribution in [3.05, 3.63) is 64.6 Å². The van der Waals surface area contributed by atoms with E-state index >= 15 is 0 Å². The van der Waals surface area contributed by atoms with Crippen molar-refractivity contribution in [1.82, 2.24) is 0 Å². The maximum atomic E-state index is 11.8. The Balaban J connectivity index is 1.83. The van der Waals surface area contributed by atoms with Gasteiger partial charge in [0.15, 0.2) is 6.61 Å². The van der Waals surface area contributed by atoms with E-state index in [0.29, 0.717) is 11.4 Å².